The summed E-state index contributed by atoms with van der Waals surface area (Å²) in [6, 6.07) is 0.139. The molecule has 1 fully saturated rings. The molecule has 0 amide bonds. The van der Waals surface area contributed by atoms with E-state index in [1.807, 2.05) is 0 Å². The van der Waals surface area contributed by atoms with Crippen LogP contribution < -0.4 is 5.73 Å². The smallest absolute Gasteiger partial charge is 0.156 e. The average Bonchev–Trinajstić information content (AvgIpc) is 2.61. The molecule has 0 bridgehead atoms. The maximum atomic E-state index is 8.62. The van der Waals surface area contributed by atoms with E-state index in [9.17, 15) is 0 Å². The van der Waals surface area contributed by atoms with Gasteiger partial charge in [0, 0.05) is 13.1 Å². The molecule has 0 aromatic rings. The van der Waals surface area contributed by atoms with E-state index in [0.29, 0.717) is 5.84 Å². The third-order valence-corrected chi connectivity index (χ3v) is 2.65. The van der Waals surface area contributed by atoms with Crippen molar-refractivity contribution in [2.45, 2.75) is 18.9 Å². The first-order chi connectivity index (χ1) is 6.65. The number of nitrogens with zero attached hydrogens (tertiary/aromatic N) is 3. The zero-order chi connectivity index (χ0) is 10.6. The molecule has 1 atom stereocenters. The van der Waals surface area contributed by atoms with E-state index in [2.05, 4.69) is 29.1 Å². The summed E-state index contributed by atoms with van der Waals surface area (Å²) in [7, 11) is 4.10. The number of nitrogens with two attached hydrogens (primary N) is 1. The van der Waals surface area contributed by atoms with Gasteiger partial charge in [-0.25, -0.2) is 0 Å². The fourth-order valence-electron chi connectivity index (χ4n) is 1.82. The summed E-state index contributed by atoms with van der Waals surface area (Å²) in [6.07, 6.45) is 2.14. The van der Waals surface area contributed by atoms with Crippen LogP contribution >= 0.6 is 0 Å². The minimum atomic E-state index is 0.139. The van der Waals surface area contributed by atoms with Gasteiger partial charge in [0.25, 0.3) is 0 Å². The molecule has 82 valence electrons. The van der Waals surface area contributed by atoms with E-state index in [4.69, 9.17) is 10.9 Å². The normalized spacial score (nSPS) is 24.8. The maximum absolute atomic E-state index is 8.62. The lowest BCUT2D eigenvalue weighted by Gasteiger charge is -2.24. The number of oxime groups is 1. The molecular formula is C9H20N4O. The van der Waals surface area contributed by atoms with Crippen molar-refractivity contribution in [3.05, 3.63) is 0 Å². The van der Waals surface area contributed by atoms with Crippen LogP contribution in [0.5, 0.6) is 0 Å². The quantitative estimate of drug-likeness (QED) is 0.284. The molecule has 1 rings (SSSR count). The van der Waals surface area contributed by atoms with E-state index < -0.39 is 0 Å². The van der Waals surface area contributed by atoms with Crippen LogP contribution in [0.15, 0.2) is 5.16 Å². The molecule has 3 N–H and O–H groups in total. The number of likely N-dealkylation sites (tertiary alicyclic amines) is 1. The molecule has 5 nitrogen and oxygen atoms in total. The highest BCUT2D eigenvalue weighted by atomic mass is 16.4. The van der Waals surface area contributed by atoms with Crippen molar-refractivity contribution in [2.75, 3.05) is 33.7 Å². The summed E-state index contributed by atoms with van der Waals surface area (Å²) in [4.78, 5) is 4.41. The van der Waals surface area contributed by atoms with Crippen molar-refractivity contribution in [3.63, 3.8) is 0 Å². The van der Waals surface area contributed by atoms with Crippen molar-refractivity contribution in [1.29, 1.82) is 0 Å². The first kappa shape index (κ1) is 11.3. The Morgan fingerprint density at radius 1 is 1.64 bits per heavy atom. The molecule has 0 radical (unpaired) electrons. The number of hydrogen-bond acceptors (Lipinski definition) is 4. The highest BCUT2D eigenvalue weighted by Gasteiger charge is 2.27. The summed E-state index contributed by atoms with van der Waals surface area (Å²) in [5.74, 6) is 0.348. The molecule has 14 heavy (non-hydrogen) atoms. The van der Waals surface area contributed by atoms with Gasteiger partial charge >= 0.3 is 0 Å². The Balaban J connectivity index is 2.43. The fraction of sp³-hybridized carbons (Fsp3) is 0.889. The molecule has 0 aliphatic carbocycles. The minimum absolute atomic E-state index is 0.139. The fourth-order valence-corrected chi connectivity index (χ4v) is 1.82. The van der Waals surface area contributed by atoms with Crippen LogP contribution in [0.1, 0.15) is 12.8 Å². The van der Waals surface area contributed by atoms with E-state index in [-0.39, 0.29) is 6.04 Å². The van der Waals surface area contributed by atoms with Gasteiger partial charge in [0.2, 0.25) is 0 Å². The number of hydrogen-bond donors (Lipinski definition) is 2. The number of amidine groups is 1. The molecule has 1 unspecified atom stereocenters. The van der Waals surface area contributed by atoms with Gasteiger partial charge in [-0.2, -0.15) is 0 Å². The van der Waals surface area contributed by atoms with Gasteiger partial charge in [-0.15, -0.1) is 0 Å². The molecule has 0 aromatic heterocycles. The number of rotatable bonds is 4. The van der Waals surface area contributed by atoms with Crippen molar-refractivity contribution >= 4 is 5.84 Å². The Hall–Kier alpha value is -0.810. The van der Waals surface area contributed by atoms with Crippen molar-refractivity contribution in [1.82, 2.24) is 9.80 Å². The topological polar surface area (TPSA) is 65.1 Å². The molecule has 1 aliphatic rings. The van der Waals surface area contributed by atoms with Gasteiger partial charge in [0.15, 0.2) is 5.84 Å². The summed E-state index contributed by atoms with van der Waals surface area (Å²) in [5.41, 5.74) is 5.62. The van der Waals surface area contributed by atoms with Crippen LogP contribution in [0, 0.1) is 0 Å². The van der Waals surface area contributed by atoms with Gasteiger partial charge in [-0.05, 0) is 33.5 Å². The SMILES string of the molecule is CN(C)CCN1CCCC1C(N)=NO. The molecule has 0 aromatic carbocycles. The van der Waals surface area contributed by atoms with Gasteiger partial charge in [0.05, 0.1) is 6.04 Å². The molecule has 1 aliphatic heterocycles. The highest BCUT2D eigenvalue weighted by molar-refractivity contribution is 5.85. The summed E-state index contributed by atoms with van der Waals surface area (Å²) < 4.78 is 0. The van der Waals surface area contributed by atoms with Crippen LogP contribution in [0.4, 0.5) is 0 Å². The van der Waals surface area contributed by atoms with Crippen molar-refractivity contribution in [3.8, 4) is 0 Å². The van der Waals surface area contributed by atoms with Crippen LogP contribution in [0.2, 0.25) is 0 Å². The second-order valence-corrected chi connectivity index (χ2v) is 4.02. The lowest BCUT2D eigenvalue weighted by atomic mass is 10.2. The van der Waals surface area contributed by atoms with Crippen molar-refractivity contribution < 1.29 is 5.21 Å². The lowest BCUT2D eigenvalue weighted by Crippen LogP contribution is -2.43. The second-order valence-electron chi connectivity index (χ2n) is 4.02. The van der Waals surface area contributed by atoms with Crippen LogP contribution in [-0.4, -0.2) is 60.6 Å². The van der Waals surface area contributed by atoms with Crippen LogP contribution in [0.25, 0.3) is 0 Å². The van der Waals surface area contributed by atoms with Gasteiger partial charge in [-0.3, -0.25) is 4.90 Å². The Kier molecular flexibility index (Phi) is 4.16. The molecule has 1 saturated heterocycles. The first-order valence-electron chi connectivity index (χ1n) is 5.01. The molecule has 5 heteroatoms. The van der Waals surface area contributed by atoms with Gasteiger partial charge < -0.3 is 15.8 Å². The third kappa shape index (κ3) is 2.85. The molecule has 0 saturated carbocycles. The highest BCUT2D eigenvalue weighted by Crippen LogP contribution is 2.16. The zero-order valence-electron chi connectivity index (χ0n) is 8.98. The maximum Gasteiger partial charge on any atom is 0.156 e. The predicted molar refractivity (Wildman–Crippen MR) is 56.6 cm³/mol. The molecular weight excluding hydrogens is 180 g/mol. The average molecular weight is 200 g/mol. The number of likely N-dealkylation sites (N-methyl/N-ethyl adjacent to an activating group) is 1. The Labute approximate surface area is 85.2 Å². The monoisotopic (exact) mass is 200 g/mol. The summed E-state index contributed by atoms with van der Waals surface area (Å²) in [6.45, 7) is 3.04. The first-order valence-corrected chi connectivity index (χ1v) is 5.01. The second kappa shape index (κ2) is 5.17. The summed E-state index contributed by atoms with van der Waals surface area (Å²) in [5, 5.41) is 11.7. The van der Waals surface area contributed by atoms with E-state index >= 15 is 0 Å². The third-order valence-electron chi connectivity index (χ3n) is 2.65. The van der Waals surface area contributed by atoms with Crippen molar-refractivity contribution in [2.24, 2.45) is 10.9 Å². The molecule has 1 heterocycles. The van der Waals surface area contributed by atoms with E-state index in [1.165, 1.54) is 0 Å². The van der Waals surface area contributed by atoms with Gasteiger partial charge in [0.1, 0.15) is 0 Å². The van der Waals surface area contributed by atoms with Crippen LogP contribution in [0.3, 0.4) is 0 Å². The summed E-state index contributed by atoms with van der Waals surface area (Å²) >= 11 is 0. The minimum Gasteiger partial charge on any atom is -0.409 e. The zero-order valence-corrected chi connectivity index (χ0v) is 8.98. The van der Waals surface area contributed by atoms with Crippen LogP contribution in [-0.2, 0) is 0 Å². The lowest BCUT2D eigenvalue weighted by molar-refractivity contribution is 0.251. The van der Waals surface area contributed by atoms with Gasteiger partial charge in [-0.1, -0.05) is 5.16 Å². The Morgan fingerprint density at radius 3 is 2.93 bits per heavy atom. The van der Waals surface area contributed by atoms with E-state index in [1.54, 1.807) is 0 Å². The standard InChI is InChI=1S/C9H20N4O/c1-12(2)6-7-13-5-3-4-8(13)9(10)11-14/h8,14H,3-7H2,1-2H3,(H2,10,11). The predicted octanol–water partition coefficient (Wildman–Crippen LogP) is -0.241. The van der Waals surface area contributed by atoms with E-state index in [0.717, 1.165) is 32.5 Å². The Morgan fingerprint density at radius 2 is 2.36 bits per heavy atom. The Bertz CT molecular complexity index is 205. The molecule has 0 spiro atoms. The largest absolute Gasteiger partial charge is 0.409 e.